The molecule has 2 aromatic heterocycles. The van der Waals surface area contributed by atoms with Crippen LogP contribution in [0.1, 0.15) is 0 Å². The highest BCUT2D eigenvalue weighted by molar-refractivity contribution is 5.42. The summed E-state index contributed by atoms with van der Waals surface area (Å²) >= 11 is 0. The van der Waals surface area contributed by atoms with Crippen molar-refractivity contribution in [1.82, 2.24) is 14.6 Å². The van der Waals surface area contributed by atoms with E-state index >= 15 is 0 Å². The molecule has 4 nitrogen and oxygen atoms in total. The topological polar surface area (TPSA) is 50.2 Å². The molecule has 50 valence electrons. The molecule has 0 spiro atoms. The zero-order valence-electron chi connectivity index (χ0n) is 5.11. The first-order valence-corrected chi connectivity index (χ1v) is 2.89. The summed E-state index contributed by atoms with van der Waals surface area (Å²) in [6, 6.07) is 3.57. The van der Waals surface area contributed by atoms with E-state index in [1.165, 1.54) is 10.7 Å². The van der Waals surface area contributed by atoms with Crippen molar-refractivity contribution in [3.63, 3.8) is 0 Å². The lowest BCUT2D eigenvalue weighted by atomic mass is 10.5. The second-order valence-electron chi connectivity index (χ2n) is 1.95. The molecule has 2 heterocycles. The maximum absolute atomic E-state index is 10.9. The van der Waals surface area contributed by atoms with E-state index in [0.29, 0.717) is 0 Å². The average molecular weight is 135 g/mol. The number of hydrogen-bond acceptors (Lipinski definition) is 2. The van der Waals surface area contributed by atoms with Gasteiger partial charge in [-0.05, 0) is 12.1 Å². The summed E-state index contributed by atoms with van der Waals surface area (Å²) in [6.07, 6.45) is 3.18. The summed E-state index contributed by atoms with van der Waals surface area (Å²) in [7, 11) is 0. The van der Waals surface area contributed by atoms with Crippen LogP contribution in [0, 0.1) is 0 Å². The Labute approximate surface area is 56.1 Å². The smallest absolute Gasteiger partial charge is 0.297 e. The Morgan fingerprint density at radius 2 is 2.40 bits per heavy atom. The summed E-state index contributed by atoms with van der Waals surface area (Å²) in [4.78, 5) is 14.4. The quantitative estimate of drug-likeness (QED) is 0.553. The molecule has 0 aromatic carbocycles. The van der Waals surface area contributed by atoms with Crippen LogP contribution in [-0.2, 0) is 0 Å². The highest BCUT2D eigenvalue weighted by Gasteiger charge is 1.92. The van der Waals surface area contributed by atoms with Gasteiger partial charge in [0, 0.05) is 12.4 Å². The number of hydrogen-bond donors (Lipinski definition) is 1. The van der Waals surface area contributed by atoms with E-state index in [1.54, 1.807) is 12.3 Å². The Bertz CT molecular complexity index is 400. The van der Waals surface area contributed by atoms with Crippen molar-refractivity contribution in [3.8, 4) is 0 Å². The third-order valence-electron chi connectivity index (χ3n) is 1.34. The third-order valence-corrected chi connectivity index (χ3v) is 1.34. The number of fused-ring (bicyclic) bond motifs is 1. The van der Waals surface area contributed by atoms with Crippen molar-refractivity contribution < 1.29 is 0 Å². The van der Waals surface area contributed by atoms with E-state index in [9.17, 15) is 4.79 Å². The zero-order chi connectivity index (χ0) is 6.97. The minimum atomic E-state index is -0.275. The SMILES string of the molecule is O=c1nccc2cc[nH]n12. The van der Waals surface area contributed by atoms with Crippen LogP contribution in [0.3, 0.4) is 0 Å². The highest BCUT2D eigenvalue weighted by atomic mass is 16.1. The predicted molar refractivity (Wildman–Crippen MR) is 35.8 cm³/mol. The lowest BCUT2D eigenvalue weighted by molar-refractivity contribution is 0.868. The maximum Gasteiger partial charge on any atom is 0.366 e. The van der Waals surface area contributed by atoms with Crippen molar-refractivity contribution in [2.24, 2.45) is 0 Å². The fourth-order valence-electron chi connectivity index (χ4n) is 0.877. The van der Waals surface area contributed by atoms with Gasteiger partial charge in [-0.1, -0.05) is 0 Å². The van der Waals surface area contributed by atoms with Gasteiger partial charge in [0.15, 0.2) is 0 Å². The Hall–Kier alpha value is -1.58. The van der Waals surface area contributed by atoms with Gasteiger partial charge in [-0.15, -0.1) is 0 Å². The molecule has 0 atom stereocenters. The second kappa shape index (κ2) is 1.70. The third kappa shape index (κ3) is 0.556. The van der Waals surface area contributed by atoms with Gasteiger partial charge < -0.3 is 0 Å². The molecular weight excluding hydrogens is 130 g/mol. The largest absolute Gasteiger partial charge is 0.366 e. The van der Waals surface area contributed by atoms with Crippen molar-refractivity contribution in [3.05, 3.63) is 35.0 Å². The first kappa shape index (κ1) is 5.22. The molecule has 2 rings (SSSR count). The van der Waals surface area contributed by atoms with Crippen LogP contribution < -0.4 is 5.69 Å². The second-order valence-corrected chi connectivity index (χ2v) is 1.95. The normalized spacial score (nSPS) is 10.4. The minimum absolute atomic E-state index is 0.275. The van der Waals surface area contributed by atoms with Crippen LogP contribution >= 0.6 is 0 Å². The van der Waals surface area contributed by atoms with E-state index in [1.807, 2.05) is 6.07 Å². The Kier molecular flexibility index (Phi) is 0.887. The maximum atomic E-state index is 10.9. The monoisotopic (exact) mass is 135 g/mol. The molecule has 0 bridgehead atoms. The Morgan fingerprint density at radius 3 is 3.20 bits per heavy atom. The molecule has 0 fully saturated rings. The summed E-state index contributed by atoms with van der Waals surface area (Å²) in [6.45, 7) is 0. The fraction of sp³-hybridized carbons (Fsp3) is 0. The van der Waals surface area contributed by atoms with Crippen molar-refractivity contribution in [2.45, 2.75) is 0 Å². The van der Waals surface area contributed by atoms with E-state index in [4.69, 9.17) is 0 Å². The molecule has 0 unspecified atom stereocenters. The van der Waals surface area contributed by atoms with Crippen molar-refractivity contribution >= 4 is 5.52 Å². The molecular formula is C6H5N3O. The standard InChI is InChI=1S/C6H5N3O/c10-6-7-3-1-5-2-4-8-9(5)6/h1-4,8H. The zero-order valence-corrected chi connectivity index (χ0v) is 5.11. The summed E-state index contributed by atoms with van der Waals surface area (Å²) in [5.41, 5.74) is 0.558. The molecule has 0 aliphatic rings. The molecule has 0 amide bonds. The molecule has 0 radical (unpaired) electrons. The molecule has 1 N–H and O–H groups in total. The van der Waals surface area contributed by atoms with Crippen LogP contribution in [-0.4, -0.2) is 14.6 Å². The van der Waals surface area contributed by atoms with E-state index in [0.717, 1.165) is 5.52 Å². The highest BCUT2D eigenvalue weighted by Crippen LogP contribution is 1.92. The molecule has 4 heteroatoms. The number of aromatic amines is 1. The van der Waals surface area contributed by atoms with Gasteiger partial charge in [0.1, 0.15) is 0 Å². The Balaban J connectivity index is 3.09. The Morgan fingerprint density at radius 1 is 1.50 bits per heavy atom. The first-order valence-electron chi connectivity index (χ1n) is 2.89. The van der Waals surface area contributed by atoms with Gasteiger partial charge >= 0.3 is 5.69 Å². The van der Waals surface area contributed by atoms with Gasteiger partial charge in [0.25, 0.3) is 0 Å². The average Bonchev–Trinajstić information content (AvgIpc) is 2.36. The molecule has 0 aliphatic heterocycles. The van der Waals surface area contributed by atoms with E-state index < -0.39 is 0 Å². The predicted octanol–water partition coefficient (Wildman–Crippen LogP) is 0.0226. The summed E-state index contributed by atoms with van der Waals surface area (Å²) < 4.78 is 1.38. The summed E-state index contributed by atoms with van der Waals surface area (Å²) in [5, 5.41) is 2.73. The molecule has 0 saturated heterocycles. The minimum Gasteiger partial charge on any atom is -0.297 e. The van der Waals surface area contributed by atoms with Crippen LogP contribution in [0.15, 0.2) is 29.3 Å². The van der Waals surface area contributed by atoms with Gasteiger partial charge in [-0.2, -0.15) is 0 Å². The lowest BCUT2D eigenvalue weighted by Crippen LogP contribution is -2.15. The number of rotatable bonds is 0. The first-order chi connectivity index (χ1) is 4.88. The number of H-pyrrole nitrogens is 1. The van der Waals surface area contributed by atoms with Crippen LogP contribution in [0.2, 0.25) is 0 Å². The van der Waals surface area contributed by atoms with E-state index in [-0.39, 0.29) is 5.69 Å². The van der Waals surface area contributed by atoms with Gasteiger partial charge in [-0.25, -0.2) is 14.3 Å². The van der Waals surface area contributed by atoms with Crippen LogP contribution in [0.25, 0.3) is 5.52 Å². The van der Waals surface area contributed by atoms with Gasteiger partial charge in [0.05, 0.1) is 5.52 Å². The summed E-state index contributed by atoms with van der Waals surface area (Å²) in [5.74, 6) is 0. The number of aromatic nitrogens is 3. The van der Waals surface area contributed by atoms with E-state index in [2.05, 4.69) is 10.1 Å². The number of nitrogens with zero attached hydrogens (tertiary/aromatic N) is 2. The van der Waals surface area contributed by atoms with Crippen LogP contribution in [0.5, 0.6) is 0 Å². The molecule has 0 aliphatic carbocycles. The molecule has 10 heavy (non-hydrogen) atoms. The van der Waals surface area contributed by atoms with Crippen molar-refractivity contribution in [2.75, 3.05) is 0 Å². The molecule has 2 aromatic rings. The fourth-order valence-corrected chi connectivity index (χ4v) is 0.877. The molecule has 0 saturated carbocycles. The number of nitrogens with one attached hydrogen (secondary N) is 1. The van der Waals surface area contributed by atoms with Gasteiger partial charge in [-0.3, -0.25) is 5.10 Å². The van der Waals surface area contributed by atoms with Gasteiger partial charge in [0.2, 0.25) is 0 Å². The lowest BCUT2D eigenvalue weighted by Gasteiger charge is -1.86. The van der Waals surface area contributed by atoms with Crippen LogP contribution in [0.4, 0.5) is 0 Å². The van der Waals surface area contributed by atoms with Crippen molar-refractivity contribution in [1.29, 1.82) is 0 Å².